The van der Waals surface area contributed by atoms with E-state index in [2.05, 4.69) is 6.07 Å². The van der Waals surface area contributed by atoms with E-state index in [1.807, 2.05) is 23.1 Å². The molecule has 1 heterocycles. The average Bonchev–Trinajstić information content (AvgIpc) is 2.88. The molecule has 3 rings (SSSR count). The van der Waals surface area contributed by atoms with E-state index in [0.717, 1.165) is 24.9 Å². The molecule has 2 amide bonds. The molecule has 0 aliphatic carbocycles. The number of anilines is 1. The Kier molecular flexibility index (Phi) is 5.56. The quantitative estimate of drug-likeness (QED) is 0.849. The van der Waals surface area contributed by atoms with E-state index in [0.29, 0.717) is 17.9 Å². The summed E-state index contributed by atoms with van der Waals surface area (Å²) in [6.07, 6.45) is 3.06. The van der Waals surface area contributed by atoms with E-state index in [1.54, 1.807) is 38.4 Å². The fourth-order valence-electron chi connectivity index (χ4n) is 3.05. The molecule has 0 atom stereocenters. The second kappa shape index (κ2) is 8.04. The molecule has 0 saturated heterocycles. The summed E-state index contributed by atoms with van der Waals surface area (Å²) in [7, 11) is 3.37. The van der Waals surface area contributed by atoms with Crippen molar-refractivity contribution in [3.05, 3.63) is 59.7 Å². The Morgan fingerprint density at radius 2 is 1.88 bits per heavy atom. The Balaban J connectivity index is 1.80. The smallest absolute Gasteiger partial charge is 0.259 e. The topological polar surface area (TPSA) is 49.9 Å². The van der Waals surface area contributed by atoms with E-state index in [9.17, 15) is 9.59 Å². The van der Waals surface area contributed by atoms with Crippen molar-refractivity contribution >= 4 is 17.5 Å². The van der Waals surface area contributed by atoms with E-state index in [-0.39, 0.29) is 18.4 Å². The van der Waals surface area contributed by atoms with Crippen LogP contribution in [-0.2, 0) is 11.2 Å². The number of amides is 2. The summed E-state index contributed by atoms with van der Waals surface area (Å²) >= 11 is 0. The van der Waals surface area contributed by atoms with Gasteiger partial charge in [-0.05, 0) is 49.1 Å². The summed E-state index contributed by atoms with van der Waals surface area (Å²) in [6, 6.07) is 15.1. The molecule has 2 aromatic carbocycles. The fraction of sp³-hybridized carbons (Fsp3) is 0.333. The first-order valence-electron chi connectivity index (χ1n) is 8.89. The van der Waals surface area contributed by atoms with E-state index < -0.39 is 0 Å². The molecule has 0 spiro atoms. The number of aryl methyl sites for hydroxylation is 1. The van der Waals surface area contributed by atoms with Crippen molar-refractivity contribution in [3.63, 3.8) is 0 Å². The van der Waals surface area contributed by atoms with Crippen molar-refractivity contribution in [1.82, 2.24) is 4.90 Å². The van der Waals surface area contributed by atoms with E-state index in [4.69, 9.17) is 4.74 Å². The van der Waals surface area contributed by atoms with Crippen LogP contribution in [0.3, 0.4) is 0 Å². The lowest BCUT2D eigenvalue weighted by Gasteiger charge is -2.23. The highest BCUT2D eigenvalue weighted by molar-refractivity contribution is 6.06. The zero-order valence-electron chi connectivity index (χ0n) is 15.3. The van der Waals surface area contributed by atoms with E-state index >= 15 is 0 Å². The van der Waals surface area contributed by atoms with Crippen molar-refractivity contribution in [3.8, 4) is 5.75 Å². The lowest BCUT2D eigenvalue weighted by atomic mass is 10.1. The van der Waals surface area contributed by atoms with Gasteiger partial charge in [0.25, 0.3) is 11.8 Å². The molecule has 136 valence electrons. The van der Waals surface area contributed by atoms with Gasteiger partial charge >= 0.3 is 0 Å². The van der Waals surface area contributed by atoms with Crippen LogP contribution in [0.4, 0.5) is 5.69 Å². The number of para-hydroxylation sites is 1. The third-order valence-electron chi connectivity index (χ3n) is 4.55. The van der Waals surface area contributed by atoms with Crippen molar-refractivity contribution in [2.45, 2.75) is 19.3 Å². The number of fused-ring (bicyclic) bond motifs is 1. The van der Waals surface area contributed by atoms with Crippen LogP contribution in [0, 0.1) is 0 Å². The summed E-state index contributed by atoms with van der Waals surface area (Å²) in [5.74, 6) is 0.362. The monoisotopic (exact) mass is 352 g/mol. The summed E-state index contributed by atoms with van der Waals surface area (Å²) in [6.45, 7) is 0.664. The predicted molar refractivity (Wildman–Crippen MR) is 102 cm³/mol. The third kappa shape index (κ3) is 4.04. The molecule has 0 unspecified atom stereocenters. The highest BCUT2D eigenvalue weighted by Crippen LogP contribution is 2.28. The maximum atomic E-state index is 13.1. The number of nitrogens with zero attached hydrogens (tertiary/aromatic N) is 2. The molecule has 26 heavy (non-hydrogen) atoms. The van der Waals surface area contributed by atoms with Crippen LogP contribution in [-0.4, -0.2) is 44.0 Å². The Bertz CT molecular complexity index is 801. The minimum atomic E-state index is -0.122. The zero-order valence-corrected chi connectivity index (χ0v) is 15.3. The van der Waals surface area contributed by atoms with Crippen LogP contribution in [0.5, 0.6) is 5.75 Å². The van der Waals surface area contributed by atoms with Gasteiger partial charge in [0.1, 0.15) is 5.75 Å². The summed E-state index contributed by atoms with van der Waals surface area (Å²) in [5.41, 5.74) is 2.77. The molecule has 0 fully saturated rings. The summed E-state index contributed by atoms with van der Waals surface area (Å²) in [5, 5.41) is 0. The predicted octanol–water partition coefficient (Wildman–Crippen LogP) is 3.14. The third-order valence-corrected chi connectivity index (χ3v) is 4.55. The Hall–Kier alpha value is -2.82. The first-order valence-corrected chi connectivity index (χ1v) is 8.89. The number of hydrogen-bond donors (Lipinski definition) is 0. The average molecular weight is 352 g/mol. The van der Waals surface area contributed by atoms with Crippen LogP contribution in [0.25, 0.3) is 0 Å². The van der Waals surface area contributed by atoms with Crippen LogP contribution >= 0.6 is 0 Å². The molecule has 2 aromatic rings. The molecule has 0 N–H and O–H groups in total. The number of benzene rings is 2. The maximum absolute atomic E-state index is 13.1. The van der Waals surface area contributed by atoms with Gasteiger partial charge in [-0.3, -0.25) is 9.59 Å². The normalized spacial score (nSPS) is 13.5. The second-order valence-electron chi connectivity index (χ2n) is 6.65. The van der Waals surface area contributed by atoms with Gasteiger partial charge in [0.15, 0.2) is 6.61 Å². The molecule has 0 saturated carbocycles. The van der Waals surface area contributed by atoms with Gasteiger partial charge in [-0.1, -0.05) is 24.3 Å². The molecule has 0 bridgehead atoms. The first-order chi connectivity index (χ1) is 12.6. The number of ether oxygens (including phenoxy) is 1. The summed E-state index contributed by atoms with van der Waals surface area (Å²) < 4.78 is 5.54. The van der Waals surface area contributed by atoms with Gasteiger partial charge in [0, 0.05) is 31.9 Å². The van der Waals surface area contributed by atoms with Gasteiger partial charge in [0.05, 0.1) is 0 Å². The molecule has 5 nitrogen and oxygen atoms in total. The number of likely N-dealkylation sites (N-methyl/N-ethyl adjacent to an activating group) is 1. The highest BCUT2D eigenvalue weighted by atomic mass is 16.5. The minimum absolute atomic E-state index is 0.0382. The van der Waals surface area contributed by atoms with Crippen LogP contribution < -0.4 is 9.64 Å². The number of hydrogen-bond acceptors (Lipinski definition) is 3. The SMILES string of the molecule is CN(C)C(=O)COc1cccc(C(=O)N2CCCCc3ccccc32)c1. The second-order valence-corrected chi connectivity index (χ2v) is 6.65. The summed E-state index contributed by atoms with van der Waals surface area (Å²) in [4.78, 5) is 28.1. The van der Waals surface area contributed by atoms with Crippen LogP contribution in [0.1, 0.15) is 28.8 Å². The molecule has 1 aliphatic rings. The van der Waals surface area contributed by atoms with Crippen LogP contribution in [0.15, 0.2) is 48.5 Å². The molecule has 5 heteroatoms. The lowest BCUT2D eigenvalue weighted by molar-refractivity contribution is -0.130. The van der Waals surface area contributed by atoms with Crippen molar-refractivity contribution in [2.24, 2.45) is 0 Å². The fourth-order valence-corrected chi connectivity index (χ4v) is 3.05. The van der Waals surface area contributed by atoms with E-state index in [1.165, 1.54) is 10.5 Å². The molecular weight excluding hydrogens is 328 g/mol. The van der Waals surface area contributed by atoms with Gasteiger partial charge in [-0.15, -0.1) is 0 Å². The lowest BCUT2D eigenvalue weighted by Crippen LogP contribution is -2.31. The Labute approximate surface area is 154 Å². The number of carbonyl (C=O) groups excluding carboxylic acids is 2. The largest absolute Gasteiger partial charge is 0.484 e. The highest BCUT2D eigenvalue weighted by Gasteiger charge is 2.22. The van der Waals surface area contributed by atoms with Gasteiger partial charge in [-0.25, -0.2) is 0 Å². The molecular formula is C21H24N2O3. The Morgan fingerprint density at radius 3 is 2.69 bits per heavy atom. The number of carbonyl (C=O) groups is 2. The van der Waals surface area contributed by atoms with Crippen LogP contribution in [0.2, 0.25) is 0 Å². The standard InChI is InChI=1S/C21H24N2O3/c1-22(2)20(24)15-26-18-11-7-10-17(14-18)21(25)23-13-6-5-9-16-8-3-4-12-19(16)23/h3-4,7-8,10-12,14H,5-6,9,13,15H2,1-2H3. The van der Waals surface area contributed by atoms with Gasteiger partial charge in [0.2, 0.25) is 0 Å². The molecule has 0 aromatic heterocycles. The zero-order chi connectivity index (χ0) is 18.5. The number of rotatable bonds is 4. The minimum Gasteiger partial charge on any atom is -0.484 e. The molecule has 1 aliphatic heterocycles. The van der Waals surface area contributed by atoms with Gasteiger partial charge in [-0.2, -0.15) is 0 Å². The van der Waals surface area contributed by atoms with Crippen molar-refractivity contribution in [2.75, 3.05) is 32.1 Å². The van der Waals surface area contributed by atoms with Crippen molar-refractivity contribution in [1.29, 1.82) is 0 Å². The Morgan fingerprint density at radius 1 is 1.08 bits per heavy atom. The van der Waals surface area contributed by atoms with Gasteiger partial charge < -0.3 is 14.5 Å². The maximum Gasteiger partial charge on any atom is 0.259 e. The molecule has 0 radical (unpaired) electrons. The first kappa shape index (κ1) is 18.0. The van der Waals surface area contributed by atoms with Crippen molar-refractivity contribution < 1.29 is 14.3 Å².